The predicted octanol–water partition coefficient (Wildman–Crippen LogP) is 0.514. The molecule has 0 radical (unpaired) electrons. The summed E-state index contributed by atoms with van der Waals surface area (Å²) in [4.78, 5) is 24.2. The molecule has 2 bridgehead atoms. The van der Waals surface area contributed by atoms with Crippen LogP contribution in [0, 0.1) is 5.92 Å². The first kappa shape index (κ1) is 18.0. The molecule has 2 aliphatic rings. The van der Waals surface area contributed by atoms with Crippen LogP contribution in [0.25, 0.3) is 0 Å². The molecule has 2 N–H and O–H groups in total. The van der Waals surface area contributed by atoms with Crippen LogP contribution in [-0.2, 0) is 16.1 Å². The third kappa shape index (κ3) is 5.10. The summed E-state index contributed by atoms with van der Waals surface area (Å²) in [5.41, 5.74) is 1.06. The van der Waals surface area contributed by atoms with E-state index >= 15 is 0 Å². The summed E-state index contributed by atoms with van der Waals surface area (Å²) in [6.45, 7) is 8.69. The Morgan fingerprint density at radius 2 is 2.08 bits per heavy atom. The van der Waals surface area contributed by atoms with E-state index in [1.54, 1.807) is 0 Å². The van der Waals surface area contributed by atoms with Crippen molar-refractivity contribution in [2.45, 2.75) is 32.5 Å². The molecule has 8 heteroatoms. The number of nitrogens with one attached hydrogen (secondary N) is 1. The van der Waals surface area contributed by atoms with Gasteiger partial charge in [-0.1, -0.05) is 0 Å². The number of nitrogens with zero attached hydrogens (tertiary/aromatic N) is 4. The Morgan fingerprint density at radius 3 is 2.76 bits per heavy atom. The van der Waals surface area contributed by atoms with Gasteiger partial charge < -0.3 is 15.2 Å². The Morgan fingerprint density at radius 1 is 1.32 bits per heavy atom. The van der Waals surface area contributed by atoms with E-state index in [1.807, 2.05) is 17.3 Å². The van der Waals surface area contributed by atoms with Crippen molar-refractivity contribution in [2.75, 3.05) is 44.7 Å². The van der Waals surface area contributed by atoms with Crippen molar-refractivity contribution in [3.63, 3.8) is 0 Å². The molecular weight excluding hydrogens is 322 g/mol. The van der Waals surface area contributed by atoms with Gasteiger partial charge in [-0.3, -0.25) is 14.6 Å². The number of hydrogen-bond donors (Lipinski definition) is 2. The average molecular weight is 349 g/mol. The Labute approximate surface area is 148 Å². The second kappa shape index (κ2) is 8.07. The lowest BCUT2D eigenvalue weighted by atomic mass is 10.1. The predicted molar refractivity (Wildman–Crippen MR) is 93.4 cm³/mol. The van der Waals surface area contributed by atoms with Crippen LogP contribution in [0.5, 0.6) is 0 Å². The molecule has 0 aromatic carbocycles. The first-order valence-corrected chi connectivity index (χ1v) is 8.83. The fourth-order valence-electron chi connectivity index (χ4n) is 3.54. The molecule has 3 heterocycles. The number of aromatic nitrogens is 2. The number of anilines is 1. The Bertz CT molecular complexity index is 580. The molecule has 0 amide bonds. The molecule has 2 atom stereocenters. The van der Waals surface area contributed by atoms with Crippen LogP contribution >= 0.6 is 0 Å². The minimum atomic E-state index is -0.769. The summed E-state index contributed by atoms with van der Waals surface area (Å²) in [7, 11) is 0. The number of rotatable bonds is 6. The molecule has 2 fully saturated rings. The van der Waals surface area contributed by atoms with Gasteiger partial charge >= 0.3 is 5.97 Å². The van der Waals surface area contributed by atoms with Gasteiger partial charge in [-0.05, 0) is 13.8 Å². The molecule has 2 aliphatic heterocycles. The van der Waals surface area contributed by atoms with E-state index in [9.17, 15) is 4.79 Å². The lowest BCUT2D eigenvalue weighted by molar-refractivity contribution is -0.138. The molecule has 3 rings (SSSR count). The SMILES string of the molecule is CC(C)Nc1ncc(CN2C[C@H]3COC[C@@H]2CN(CC(=O)O)C3)cn1. The largest absolute Gasteiger partial charge is 0.480 e. The Hall–Kier alpha value is -1.77. The van der Waals surface area contributed by atoms with Gasteiger partial charge in [0.25, 0.3) is 0 Å². The number of carboxylic acids is 1. The smallest absolute Gasteiger partial charge is 0.317 e. The molecule has 0 aliphatic carbocycles. The third-order valence-electron chi connectivity index (χ3n) is 4.53. The summed E-state index contributed by atoms with van der Waals surface area (Å²) < 4.78 is 5.79. The van der Waals surface area contributed by atoms with Crippen molar-refractivity contribution in [1.82, 2.24) is 19.8 Å². The zero-order valence-electron chi connectivity index (χ0n) is 14.9. The first-order chi connectivity index (χ1) is 12.0. The lowest BCUT2D eigenvalue weighted by Gasteiger charge is -2.30. The molecule has 1 aromatic rings. The zero-order chi connectivity index (χ0) is 17.8. The highest BCUT2D eigenvalue weighted by Crippen LogP contribution is 2.21. The van der Waals surface area contributed by atoms with Crippen molar-refractivity contribution < 1.29 is 14.6 Å². The number of aliphatic carboxylic acids is 1. The molecule has 138 valence electrons. The van der Waals surface area contributed by atoms with Crippen LogP contribution in [0.3, 0.4) is 0 Å². The molecule has 25 heavy (non-hydrogen) atoms. The number of carbonyl (C=O) groups is 1. The maximum absolute atomic E-state index is 11.1. The van der Waals surface area contributed by atoms with Crippen LogP contribution in [0.15, 0.2) is 12.4 Å². The zero-order valence-corrected chi connectivity index (χ0v) is 14.9. The number of hydrogen-bond acceptors (Lipinski definition) is 7. The lowest BCUT2D eigenvalue weighted by Crippen LogP contribution is -2.44. The van der Waals surface area contributed by atoms with Crippen LogP contribution in [0.1, 0.15) is 19.4 Å². The van der Waals surface area contributed by atoms with E-state index < -0.39 is 5.97 Å². The van der Waals surface area contributed by atoms with E-state index in [1.165, 1.54) is 0 Å². The van der Waals surface area contributed by atoms with Crippen molar-refractivity contribution in [3.8, 4) is 0 Å². The third-order valence-corrected chi connectivity index (χ3v) is 4.53. The molecule has 0 unspecified atom stereocenters. The minimum absolute atomic E-state index is 0.0967. The monoisotopic (exact) mass is 349 g/mol. The van der Waals surface area contributed by atoms with E-state index in [4.69, 9.17) is 9.84 Å². The van der Waals surface area contributed by atoms with E-state index in [0.717, 1.165) is 31.7 Å². The standard InChI is InChI=1S/C17H27N5O3/c1-12(2)20-17-18-3-13(4-19-17)6-22-7-14-5-21(9-16(23)24)8-15(22)11-25-10-14/h3-4,12,14-15H,5-11H2,1-2H3,(H,23,24)(H,18,19,20)/t14-,15-/m0/s1. The van der Waals surface area contributed by atoms with Crippen LogP contribution in [-0.4, -0.2) is 82.3 Å². The Kier molecular flexibility index (Phi) is 5.82. The van der Waals surface area contributed by atoms with Gasteiger partial charge in [0.05, 0.1) is 19.8 Å². The quantitative estimate of drug-likeness (QED) is 0.768. The fourth-order valence-corrected chi connectivity index (χ4v) is 3.54. The first-order valence-electron chi connectivity index (χ1n) is 8.83. The molecular formula is C17H27N5O3. The van der Waals surface area contributed by atoms with Crippen LogP contribution in [0.2, 0.25) is 0 Å². The van der Waals surface area contributed by atoms with Crippen molar-refractivity contribution >= 4 is 11.9 Å². The number of carboxylic acid groups (broad SMARTS) is 1. The molecule has 2 saturated heterocycles. The maximum atomic E-state index is 11.1. The summed E-state index contributed by atoms with van der Waals surface area (Å²) in [5.74, 6) is 0.202. The van der Waals surface area contributed by atoms with E-state index in [-0.39, 0.29) is 12.6 Å². The van der Waals surface area contributed by atoms with Crippen LogP contribution < -0.4 is 5.32 Å². The highest BCUT2D eigenvalue weighted by atomic mass is 16.5. The van der Waals surface area contributed by atoms with Crippen LogP contribution in [0.4, 0.5) is 5.95 Å². The number of ether oxygens (including phenoxy) is 1. The van der Waals surface area contributed by atoms with Crippen molar-refractivity contribution in [2.24, 2.45) is 5.92 Å². The second-order valence-corrected chi connectivity index (χ2v) is 7.29. The van der Waals surface area contributed by atoms with Gasteiger partial charge in [-0.2, -0.15) is 0 Å². The molecule has 0 saturated carbocycles. The molecule has 1 aromatic heterocycles. The van der Waals surface area contributed by atoms with Gasteiger partial charge in [0.1, 0.15) is 0 Å². The maximum Gasteiger partial charge on any atom is 0.317 e. The van der Waals surface area contributed by atoms with Crippen molar-refractivity contribution in [1.29, 1.82) is 0 Å². The fraction of sp³-hybridized carbons (Fsp3) is 0.706. The Balaban J connectivity index is 1.66. The summed E-state index contributed by atoms with van der Waals surface area (Å²) in [6.07, 6.45) is 3.73. The molecule has 0 spiro atoms. The van der Waals surface area contributed by atoms with E-state index in [2.05, 4.69) is 34.0 Å². The summed E-state index contributed by atoms with van der Waals surface area (Å²) >= 11 is 0. The van der Waals surface area contributed by atoms with Gasteiger partial charge in [0, 0.05) is 62.1 Å². The minimum Gasteiger partial charge on any atom is -0.480 e. The highest BCUT2D eigenvalue weighted by Gasteiger charge is 2.33. The topological polar surface area (TPSA) is 90.8 Å². The normalized spacial score (nSPS) is 24.9. The van der Waals surface area contributed by atoms with E-state index in [0.29, 0.717) is 31.1 Å². The second-order valence-electron chi connectivity index (χ2n) is 7.29. The highest BCUT2D eigenvalue weighted by molar-refractivity contribution is 5.69. The average Bonchev–Trinajstić information content (AvgIpc) is 2.78. The molecule has 8 nitrogen and oxygen atoms in total. The number of fused-ring (bicyclic) bond motifs is 3. The summed E-state index contributed by atoms with van der Waals surface area (Å²) in [5, 5.41) is 12.3. The van der Waals surface area contributed by atoms with Gasteiger partial charge in [0.2, 0.25) is 5.95 Å². The van der Waals surface area contributed by atoms with Gasteiger partial charge in [-0.15, -0.1) is 0 Å². The van der Waals surface area contributed by atoms with Gasteiger partial charge in [-0.25, -0.2) is 9.97 Å². The van der Waals surface area contributed by atoms with Crippen molar-refractivity contribution in [3.05, 3.63) is 18.0 Å². The summed E-state index contributed by atoms with van der Waals surface area (Å²) in [6, 6.07) is 0.494. The van der Waals surface area contributed by atoms with Gasteiger partial charge in [0.15, 0.2) is 0 Å².